The Kier molecular flexibility index (Phi) is 6.44. The van der Waals surface area contributed by atoms with Gasteiger partial charge in [0.1, 0.15) is 0 Å². The number of hydrogen-bond donors (Lipinski definition) is 1. The number of hydrogen-bond acceptors (Lipinski definition) is 1. The van der Waals surface area contributed by atoms with Crippen LogP contribution in [0.5, 0.6) is 0 Å². The maximum absolute atomic E-state index is 12.9. The van der Waals surface area contributed by atoms with E-state index in [0.717, 1.165) is 12.8 Å². The summed E-state index contributed by atoms with van der Waals surface area (Å²) < 4.78 is 77.5. The van der Waals surface area contributed by atoms with E-state index in [1.54, 1.807) is 0 Å². The zero-order chi connectivity index (χ0) is 18.1. The summed E-state index contributed by atoms with van der Waals surface area (Å²) in [5.41, 5.74) is -4.59. The third kappa shape index (κ3) is 4.34. The predicted octanol–water partition coefficient (Wildman–Crippen LogP) is 5.72. The number of halogens is 6. The van der Waals surface area contributed by atoms with Gasteiger partial charge in [0, 0.05) is 5.92 Å². The van der Waals surface area contributed by atoms with E-state index in [-0.39, 0.29) is 18.8 Å². The van der Waals surface area contributed by atoms with Crippen LogP contribution in [0.2, 0.25) is 0 Å². The summed E-state index contributed by atoms with van der Waals surface area (Å²) in [6.45, 7) is 6.11. The predicted molar refractivity (Wildman–Crippen MR) is 75.7 cm³/mol. The second kappa shape index (κ2) is 7.19. The summed E-state index contributed by atoms with van der Waals surface area (Å²) >= 11 is 0. The fraction of sp³-hybridized carbons (Fsp3) is 1.00. The SMILES string of the molecule is CCC(CC(C)C)C1CCC(C(O)(C(F)(F)F)C(F)(F)F)CC1. The number of aliphatic hydroxyl groups is 1. The van der Waals surface area contributed by atoms with Crippen molar-refractivity contribution in [2.75, 3.05) is 0 Å². The van der Waals surface area contributed by atoms with Crippen LogP contribution in [0.4, 0.5) is 26.3 Å². The lowest BCUT2D eigenvalue weighted by molar-refractivity contribution is -0.387. The molecule has 0 aromatic carbocycles. The average molecular weight is 348 g/mol. The first kappa shape index (κ1) is 20.6. The van der Waals surface area contributed by atoms with E-state index in [0.29, 0.717) is 24.7 Å². The molecule has 0 amide bonds. The topological polar surface area (TPSA) is 20.2 Å². The molecule has 1 atom stereocenters. The minimum Gasteiger partial charge on any atom is -0.373 e. The maximum atomic E-state index is 12.9. The maximum Gasteiger partial charge on any atom is 0.426 e. The lowest BCUT2D eigenvalue weighted by atomic mass is 9.68. The molecule has 0 radical (unpaired) electrons. The van der Waals surface area contributed by atoms with Crippen molar-refractivity contribution in [3.63, 3.8) is 0 Å². The fourth-order valence-electron chi connectivity index (χ4n) is 3.93. The second-order valence-corrected chi connectivity index (χ2v) is 7.17. The molecule has 1 N–H and O–H groups in total. The van der Waals surface area contributed by atoms with Crippen LogP contribution in [0, 0.1) is 23.7 Å². The Hall–Kier alpha value is -0.460. The van der Waals surface area contributed by atoms with Gasteiger partial charge in [-0.2, -0.15) is 26.3 Å². The molecule has 0 aliphatic heterocycles. The summed E-state index contributed by atoms with van der Waals surface area (Å²) in [5, 5.41) is 9.49. The highest BCUT2D eigenvalue weighted by atomic mass is 19.4. The van der Waals surface area contributed by atoms with Crippen molar-refractivity contribution in [3.8, 4) is 0 Å². The average Bonchev–Trinajstić information content (AvgIpc) is 2.41. The van der Waals surface area contributed by atoms with Crippen LogP contribution in [-0.4, -0.2) is 23.1 Å². The van der Waals surface area contributed by atoms with E-state index in [1.807, 2.05) is 6.92 Å². The van der Waals surface area contributed by atoms with Gasteiger partial charge in [-0.1, -0.05) is 27.2 Å². The molecule has 0 heterocycles. The molecule has 1 unspecified atom stereocenters. The van der Waals surface area contributed by atoms with Gasteiger partial charge < -0.3 is 5.11 Å². The normalized spacial score (nSPS) is 25.7. The van der Waals surface area contributed by atoms with Crippen LogP contribution in [0.15, 0.2) is 0 Å². The van der Waals surface area contributed by atoms with Crippen LogP contribution in [0.1, 0.15) is 59.3 Å². The van der Waals surface area contributed by atoms with E-state index in [4.69, 9.17) is 0 Å². The molecule has 23 heavy (non-hydrogen) atoms. The van der Waals surface area contributed by atoms with Gasteiger partial charge in [-0.25, -0.2) is 0 Å². The molecule has 1 saturated carbocycles. The first-order valence-electron chi connectivity index (χ1n) is 8.20. The quantitative estimate of drug-likeness (QED) is 0.630. The molecule has 1 aliphatic rings. The van der Waals surface area contributed by atoms with E-state index in [9.17, 15) is 31.4 Å². The molecule has 138 valence electrons. The monoisotopic (exact) mass is 348 g/mol. The highest BCUT2D eigenvalue weighted by molar-refractivity contribution is 5.01. The van der Waals surface area contributed by atoms with Crippen LogP contribution in [0.25, 0.3) is 0 Å². The summed E-state index contributed by atoms with van der Waals surface area (Å²) in [6, 6.07) is 0. The van der Waals surface area contributed by atoms with E-state index >= 15 is 0 Å². The third-order valence-electron chi connectivity index (χ3n) is 5.19. The largest absolute Gasteiger partial charge is 0.426 e. The van der Waals surface area contributed by atoms with Crippen molar-refractivity contribution in [2.24, 2.45) is 23.7 Å². The molecule has 1 rings (SSSR count). The van der Waals surface area contributed by atoms with Gasteiger partial charge in [0.15, 0.2) is 0 Å². The van der Waals surface area contributed by atoms with Gasteiger partial charge in [0.25, 0.3) is 5.60 Å². The Labute approximate surface area is 133 Å². The molecule has 1 nitrogen and oxygen atoms in total. The molecule has 1 fully saturated rings. The fourth-order valence-corrected chi connectivity index (χ4v) is 3.93. The summed E-state index contributed by atoms with van der Waals surface area (Å²) in [7, 11) is 0. The van der Waals surface area contributed by atoms with Crippen LogP contribution in [0.3, 0.4) is 0 Å². The third-order valence-corrected chi connectivity index (χ3v) is 5.19. The van der Waals surface area contributed by atoms with Crippen molar-refractivity contribution in [1.29, 1.82) is 0 Å². The summed E-state index contributed by atoms with van der Waals surface area (Å²) in [6.07, 6.45) is -9.47. The molecule has 0 spiro atoms. The molecular weight excluding hydrogens is 322 g/mol. The van der Waals surface area contributed by atoms with Crippen molar-refractivity contribution >= 4 is 0 Å². The van der Waals surface area contributed by atoms with Crippen LogP contribution >= 0.6 is 0 Å². The number of rotatable bonds is 5. The van der Waals surface area contributed by atoms with Crippen LogP contribution < -0.4 is 0 Å². The van der Waals surface area contributed by atoms with Gasteiger partial charge in [0.2, 0.25) is 0 Å². The Morgan fingerprint density at radius 2 is 1.35 bits per heavy atom. The van der Waals surface area contributed by atoms with Gasteiger partial charge in [-0.15, -0.1) is 0 Å². The van der Waals surface area contributed by atoms with Crippen molar-refractivity contribution in [1.82, 2.24) is 0 Å². The molecule has 7 heteroatoms. The molecule has 0 aromatic rings. The summed E-state index contributed by atoms with van der Waals surface area (Å²) in [4.78, 5) is 0. The highest BCUT2D eigenvalue weighted by Crippen LogP contribution is 2.53. The van der Waals surface area contributed by atoms with E-state index in [1.165, 1.54) is 0 Å². The Balaban J connectivity index is 2.84. The Morgan fingerprint density at radius 3 is 1.65 bits per heavy atom. The first-order chi connectivity index (χ1) is 10.3. The molecule has 1 aliphatic carbocycles. The molecule has 0 saturated heterocycles. The Bertz CT molecular complexity index is 352. The molecule has 0 bridgehead atoms. The van der Waals surface area contributed by atoms with Gasteiger partial charge in [-0.3, -0.25) is 0 Å². The van der Waals surface area contributed by atoms with E-state index in [2.05, 4.69) is 13.8 Å². The molecular formula is C16H26F6O. The minimum absolute atomic E-state index is 0.143. The van der Waals surface area contributed by atoms with Gasteiger partial charge in [0.05, 0.1) is 0 Å². The smallest absolute Gasteiger partial charge is 0.373 e. The first-order valence-corrected chi connectivity index (χ1v) is 8.20. The zero-order valence-electron chi connectivity index (χ0n) is 13.8. The van der Waals surface area contributed by atoms with Crippen molar-refractivity contribution in [2.45, 2.75) is 77.2 Å². The van der Waals surface area contributed by atoms with E-state index < -0.39 is 23.9 Å². The lowest BCUT2D eigenvalue weighted by Gasteiger charge is -2.43. The van der Waals surface area contributed by atoms with Gasteiger partial charge >= 0.3 is 12.4 Å². The second-order valence-electron chi connectivity index (χ2n) is 7.17. The van der Waals surface area contributed by atoms with Crippen LogP contribution in [-0.2, 0) is 0 Å². The molecule has 0 aromatic heterocycles. The highest BCUT2D eigenvalue weighted by Gasteiger charge is 2.73. The standard InChI is InChI=1S/C16H26F6O/c1-4-11(9-10(2)3)12-5-7-13(8-6-12)14(23,15(17,18)19)16(20,21)22/h10-13,23H,4-9H2,1-3H3. The lowest BCUT2D eigenvalue weighted by Crippen LogP contribution is -2.62. The summed E-state index contributed by atoms with van der Waals surface area (Å²) in [5.74, 6) is -0.902. The Morgan fingerprint density at radius 1 is 0.913 bits per heavy atom. The van der Waals surface area contributed by atoms with Gasteiger partial charge in [-0.05, 0) is 49.9 Å². The number of alkyl halides is 6. The van der Waals surface area contributed by atoms with Crippen molar-refractivity contribution in [3.05, 3.63) is 0 Å². The van der Waals surface area contributed by atoms with Crippen molar-refractivity contribution < 1.29 is 31.4 Å². The minimum atomic E-state index is -5.70. The zero-order valence-corrected chi connectivity index (χ0v) is 13.8.